The molecule has 1 fully saturated rings. The standard InChI is InChI=1S/C17H21FN4O/c1-17(2)10-22(8-7-14(17)19)16(23)13-9-20-21-15(13)11-3-5-12(18)6-4-11/h3-6,9,14H,7-8,10,19H2,1-2H3,(H,20,21). The van der Waals surface area contributed by atoms with Gasteiger partial charge in [0.15, 0.2) is 0 Å². The lowest BCUT2D eigenvalue weighted by Gasteiger charge is -2.42. The van der Waals surface area contributed by atoms with Crippen molar-refractivity contribution in [2.45, 2.75) is 26.3 Å². The molecule has 3 N–H and O–H groups in total. The monoisotopic (exact) mass is 316 g/mol. The van der Waals surface area contributed by atoms with Crippen molar-refractivity contribution in [3.8, 4) is 11.3 Å². The fourth-order valence-corrected chi connectivity index (χ4v) is 3.00. The van der Waals surface area contributed by atoms with Crippen LogP contribution in [-0.2, 0) is 0 Å². The number of hydrogen-bond acceptors (Lipinski definition) is 3. The number of halogens is 1. The van der Waals surface area contributed by atoms with Crippen LogP contribution in [0.1, 0.15) is 30.6 Å². The first-order valence-corrected chi connectivity index (χ1v) is 7.72. The minimum atomic E-state index is -0.312. The van der Waals surface area contributed by atoms with Gasteiger partial charge in [0, 0.05) is 24.7 Å². The number of nitrogens with two attached hydrogens (primary N) is 1. The van der Waals surface area contributed by atoms with Gasteiger partial charge in [0.2, 0.25) is 0 Å². The summed E-state index contributed by atoms with van der Waals surface area (Å²) in [4.78, 5) is 14.7. The van der Waals surface area contributed by atoms with Crippen molar-refractivity contribution < 1.29 is 9.18 Å². The van der Waals surface area contributed by atoms with Crippen molar-refractivity contribution in [3.63, 3.8) is 0 Å². The Morgan fingerprint density at radius 1 is 1.39 bits per heavy atom. The maximum Gasteiger partial charge on any atom is 0.257 e. The minimum Gasteiger partial charge on any atom is -0.338 e. The van der Waals surface area contributed by atoms with Gasteiger partial charge in [-0.05, 0) is 36.1 Å². The van der Waals surface area contributed by atoms with Crippen molar-refractivity contribution in [2.75, 3.05) is 13.1 Å². The number of piperidine rings is 1. The fraction of sp³-hybridized carbons (Fsp3) is 0.412. The van der Waals surface area contributed by atoms with E-state index in [1.165, 1.54) is 18.3 Å². The molecule has 6 heteroatoms. The second-order valence-corrected chi connectivity index (χ2v) is 6.78. The quantitative estimate of drug-likeness (QED) is 0.893. The van der Waals surface area contributed by atoms with E-state index in [4.69, 9.17) is 5.73 Å². The van der Waals surface area contributed by atoms with Crippen LogP contribution in [-0.4, -0.2) is 40.1 Å². The molecule has 2 aromatic rings. The minimum absolute atomic E-state index is 0.0712. The molecule has 1 aliphatic rings. The van der Waals surface area contributed by atoms with Crippen molar-refractivity contribution in [2.24, 2.45) is 11.1 Å². The first-order chi connectivity index (χ1) is 10.9. The van der Waals surface area contributed by atoms with E-state index in [2.05, 4.69) is 24.0 Å². The zero-order chi connectivity index (χ0) is 16.6. The van der Waals surface area contributed by atoms with E-state index in [9.17, 15) is 9.18 Å². The number of amides is 1. The number of carbonyl (C=O) groups is 1. The number of nitrogens with one attached hydrogen (secondary N) is 1. The van der Waals surface area contributed by atoms with Gasteiger partial charge in [-0.2, -0.15) is 5.10 Å². The molecule has 3 rings (SSSR count). The molecule has 1 amide bonds. The molecule has 1 saturated heterocycles. The van der Waals surface area contributed by atoms with Crippen LogP contribution in [0.4, 0.5) is 4.39 Å². The van der Waals surface area contributed by atoms with E-state index in [0.29, 0.717) is 24.3 Å². The molecule has 1 unspecified atom stereocenters. The summed E-state index contributed by atoms with van der Waals surface area (Å²) in [6.07, 6.45) is 2.31. The van der Waals surface area contributed by atoms with Crippen molar-refractivity contribution >= 4 is 5.91 Å². The van der Waals surface area contributed by atoms with Gasteiger partial charge in [-0.15, -0.1) is 0 Å². The van der Waals surface area contributed by atoms with Gasteiger partial charge in [-0.3, -0.25) is 9.89 Å². The molecule has 1 aromatic heterocycles. The molecule has 1 atom stereocenters. The summed E-state index contributed by atoms with van der Waals surface area (Å²) in [5.41, 5.74) is 7.87. The lowest BCUT2D eigenvalue weighted by molar-refractivity contribution is 0.0534. The number of aromatic amines is 1. The Morgan fingerprint density at radius 2 is 2.09 bits per heavy atom. The number of H-pyrrole nitrogens is 1. The zero-order valence-corrected chi connectivity index (χ0v) is 13.3. The fourth-order valence-electron chi connectivity index (χ4n) is 3.00. The molecule has 1 aliphatic heterocycles. The van der Waals surface area contributed by atoms with Crippen molar-refractivity contribution in [3.05, 3.63) is 41.8 Å². The van der Waals surface area contributed by atoms with E-state index in [0.717, 1.165) is 12.0 Å². The molecule has 0 spiro atoms. The van der Waals surface area contributed by atoms with E-state index in [1.54, 1.807) is 12.1 Å². The van der Waals surface area contributed by atoms with E-state index < -0.39 is 0 Å². The highest BCUT2D eigenvalue weighted by atomic mass is 19.1. The largest absolute Gasteiger partial charge is 0.338 e. The second kappa shape index (κ2) is 5.77. The summed E-state index contributed by atoms with van der Waals surface area (Å²) in [5.74, 6) is -0.383. The number of nitrogens with zero attached hydrogens (tertiary/aromatic N) is 2. The lowest BCUT2D eigenvalue weighted by Crippen LogP contribution is -2.54. The number of carbonyl (C=O) groups excluding carboxylic acids is 1. The van der Waals surface area contributed by atoms with Gasteiger partial charge in [-0.1, -0.05) is 13.8 Å². The third kappa shape index (κ3) is 2.99. The van der Waals surface area contributed by atoms with Crippen LogP contribution in [0.3, 0.4) is 0 Å². The highest BCUT2D eigenvalue weighted by Crippen LogP contribution is 2.30. The number of hydrogen-bond donors (Lipinski definition) is 2. The molecule has 122 valence electrons. The van der Waals surface area contributed by atoms with Gasteiger partial charge >= 0.3 is 0 Å². The first kappa shape index (κ1) is 15.7. The Bertz CT molecular complexity index is 708. The van der Waals surface area contributed by atoms with Gasteiger partial charge in [0.1, 0.15) is 5.82 Å². The molecule has 0 bridgehead atoms. The van der Waals surface area contributed by atoms with Gasteiger partial charge in [0.05, 0.1) is 17.5 Å². The zero-order valence-electron chi connectivity index (χ0n) is 13.3. The smallest absolute Gasteiger partial charge is 0.257 e. The Balaban J connectivity index is 1.87. The first-order valence-electron chi connectivity index (χ1n) is 7.72. The molecule has 0 saturated carbocycles. The summed E-state index contributed by atoms with van der Waals surface area (Å²) in [7, 11) is 0. The summed E-state index contributed by atoms with van der Waals surface area (Å²) in [6.45, 7) is 5.40. The van der Waals surface area contributed by atoms with Crippen LogP contribution in [0, 0.1) is 11.2 Å². The van der Waals surface area contributed by atoms with Crippen LogP contribution in [0.5, 0.6) is 0 Å². The maximum atomic E-state index is 13.1. The predicted molar refractivity (Wildman–Crippen MR) is 86.3 cm³/mol. The van der Waals surface area contributed by atoms with Gasteiger partial charge in [-0.25, -0.2) is 4.39 Å². The highest BCUT2D eigenvalue weighted by molar-refractivity contribution is 5.99. The topological polar surface area (TPSA) is 75.0 Å². The Hall–Kier alpha value is -2.21. The van der Waals surface area contributed by atoms with E-state index in [-0.39, 0.29) is 23.2 Å². The Kier molecular flexibility index (Phi) is 3.93. The summed E-state index contributed by atoms with van der Waals surface area (Å²) in [5, 5.41) is 6.84. The third-order valence-electron chi connectivity index (χ3n) is 4.60. The number of aromatic nitrogens is 2. The number of likely N-dealkylation sites (tertiary alicyclic amines) is 1. The second-order valence-electron chi connectivity index (χ2n) is 6.78. The van der Waals surface area contributed by atoms with E-state index >= 15 is 0 Å². The molecule has 5 nitrogen and oxygen atoms in total. The van der Waals surface area contributed by atoms with Crippen LogP contribution in [0.25, 0.3) is 11.3 Å². The van der Waals surface area contributed by atoms with Gasteiger partial charge in [0.25, 0.3) is 5.91 Å². The summed E-state index contributed by atoms with van der Waals surface area (Å²) < 4.78 is 13.1. The lowest BCUT2D eigenvalue weighted by atomic mass is 9.79. The van der Waals surface area contributed by atoms with E-state index in [1.807, 2.05) is 4.90 Å². The van der Waals surface area contributed by atoms with Crippen LogP contribution in [0.2, 0.25) is 0 Å². The van der Waals surface area contributed by atoms with Crippen molar-refractivity contribution in [1.29, 1.82) is 0 Å². The predicted octanol–water partition coefficient (Wildman–Crippen LogP) is 2.42. The molecule has 2 heterocycles. The number of rotatable bonds is 2. The summed E-state index contributed by atoms with van der Waals surface area (Å²) in [6, 6.07) is 6.10. The average molecular weight is 316 g/mol. The SMILES string of the molecule is CC1(C)CN(C(=O)c2cn[nH]c2-c2ccc(F)cc2)CCC1N. The molecule has 0 radical (unpaired) electrons. The maximum absolute atomic E-state index is 13.1. The average Bonchev–Trinajstić information content (AvgIpc) is 2.99. The van der Waals surface area contributed by atoms with Crippen LogP contribution < -0.4 is 5.73 Å². The molecular weight excluding hydrogens is 295 g/mol. The number of benzene rings is 1. The Morgan fingerprint density at radius 3 is 2.74 bits per heavy atom. The molecule has 23 heavy (non-hydrogen) atoms. The van der Waals surface area contributed by atoms with Gasteiger partial charge < -0.3 is 10.6 Å². The normalized spacial score (nSPS) is 20.5. The third-order valence-corrected chi connectivity index (χ3v) is 4.60. The molecular formula is C17H21FN4O. The van der Waals surface area contributed by atoms with Crippen molar-refractivity contribution in [1.82, 2.24) is 15.1 Å². The molecule has 0 aliphatic carbocycles. The van der Waals surface area contributed by atoms with Crippen LogP contribution >= 0.6 is 0 Å². The summed E-state index contributed by atoms with van der Waals surface area (Å²) >= 11 is 0. The van der Waals surface area contributed by atoms with Crippen LogP contribution in [0.15, 0.2) is 30.5 Å². The Labute approximate surface area is 134 Å². The highest BCUT2D eigenvalue weighted by Gasteiger charge is 2.36. The molecule has 1 aromatic carbocycles.